The van der Waals surface area contributed by atoms with E-state index in [4.69, 9.17) is 4.74 Å². The number of phenolic OH excluding ortho intramolecular Hbond substituents is 1. The van der Waals surface area contributed by atoms with E-state index in [0.717, 1.165) is 22.1 Å². The lowest BCUT2D eigenvalue weighted by Gasteiger charge is -2.07. The molecule has 0 bridgehead atoms. The average Bonchev–Trinajstić information content (AvgIpc) is 2.59. The Morgan fingerprint density at radius 1 is 0.957 bits per heavy atom. The van der Waals surface area contributed by atoms with Crippen LogP contribution in [0.15, 0.2) is 66.7 Å². The summed E-state index contributed by atoms with van der Waals surface area (Å²) in [5, 5.41) is 11.7. The Bertz CT molecular complexity index is 894. The number of methoxy groups -OCH3 is 1. The van der Waals surface area contributed by atoms with E-state index < -0.39 is 0 Å². The number of hydrogen-bond donors (Lipinski definition) is 1. The molecule has 0 spiro atoms. The summed E-state index contributed by atoms with van der Waals surface area (Å²) in [6.45, 7) is 0. The van der Waals surface area contributed by atoms with Gasteiger partial charge in [-0.05, 0) is 35.2 Å². The molecule has 0 aliphatic heterocycles. The molecule has 0 saturated heterocycles. The maximum atomic E-state index is 12.2. The van der Waals surface area contributed by atoms with Crippen LogP contribution in [-0.4, -0.2) is 18.0 Å². The number of allylic oxidation sites excluding steroid dienone is 1. The molecular weight excluding hydrogens is 288 g/mol. The van der Waals surface area contributed by atoms with Crippen LogP contribution in [0.1, 0.15) is 15.9 Å². The van der Waals surface area contributed by atoms with E-state index in [-0.39, 0.29) is 11.5 Å². The van der Waals surface area contributed by atoms with Gasteiger partial charge in [-0.25, -0.2) is 0 Å². The third-order valence-electron chi connectivity index (χ3n) is 3.72. The third-order valence-corrected chi connectivity index (χ3v) is 3.72. The van der Waals surface area contributed by atoms with Crippen LogP contribution in [0.3, 0.4) is 0 Å². The van der Waals surface area contributed by atoms with Crippen molar-refractivity contribution in [2.75, 3.05) is 7.11 Å². The first-order valence-corrected chi connectivity index (χ1v) is 7.27. The highest BCUT2D eigenvalue weighted by molar-refractivity contribution is 6.09. The van der Waals surface area contributed by atoms with Gasteiger partial charge in [0.1, 0.15) is 11.5 Å². The van der Waals surface area contributed by atoms with Gasteiger partial charge in [0, 0.05) is 5.39 Å². The van der Waals surface area contributed by atoms with Crippen molar-refractivity contribution in [2.45, 2.75) is 0 Å². The number of ether oxygens (including phenoxy) is 1. The number of para-hydroxylation sites is 1. The van der Waals surface area contributed by atoms with Crippen molar-refractivity contribution in [2.24, 2.45) is 0 Å². The first-order chi connectivity index (χ1) is 11.2. The molecule has 0 atom stereocenters. The summed E-state index contributed by atoms with van der Waals surface area (Å²) in [5.74, 6) is 0.550. The van der Waals surface area contributed by atoms with Crippen molar-refractivity contribution in [1.82, 2.24) is 0 Å². The Balaban J connectivity index is 1.99. The summed E-state index contributed by atoms with van der Waals surface area (Å²) in [7, 11) is 1.64. The molecule has 3 heteroatoms. The summed E-state index contributed by atoms with van der Waals surface area (Å²) < 4.78 is 5.37. The first-order valence-electron chi connectivity index (χ1n) is 7.27. The minimum Gasteiger partial charge on any atom is -0.507 e. The number of aromatic hydroxyl groups is 1. The van der Waals surface area contributed by atoms with E-state index in [1.807, 2.05) is 36.4 Å². The summed E-state index contributed by atoms with van der Waals surface area (Å²) in [6, 6.07) is 18.2. The van der Waals surface area contributed by atoms with Crippen molar-refractivity contribution in [1.29, 1.82) is 0 Å². The summed E-state index contributed by atoms with van der Waals surface area (Å²) in [6.07, 6.45) is 3.24. The second kappa shape index (κ2) is 6.36. The predicted molar refractivity (Wildman–Crippen MR) is 92.0 cm³/mol. The van der Waals surface area contributed by atoms with Crippen LogP contribution in [0, 0.1) is 0 Å². The van der Waals surface area contributed by atoms with Crippen LogP contribution >= 0.6 is 0 Å². The minimum atomic E-state index is -0.233. The molecular formula is C20H16O3. The number of benzene rings is 3. The topological polar surface area (TPSA) is 46.5 Å². The maximum absolute atomic E-state index is 12.2. The largest absolute Gasteiger partial charge is 0.507 e. The van der Waals surface area contributed by atoms with Gasteiger partial charge in [-0.15, -0.1) is 0 Å². The summed E-state index contributed by atoms with van der Waals surface area (Å²) >= 11 is 0. The van der Waals surface area contributed by atoms with Crippen molar-refractivity contribution in [3.8, 4) is 11.5 Å². The number of fused-ring (bicyclic) bond motifs is 1. The molecule has 114 valence electrons. The van der Waals surface area contributed by atoms with Crippen LogP contribution in [0.4, 0.5) is 0 Å². The van der Waals surface area contributed by atoms with E-state index in [0.29, 0.717) is 5.56 Å². The molecule has 0 amide bonds. The lowest BCUT2D eigenvalue weighted by atomic mass is 10.0. The highest BCUT2D eigenvalue weighted by Crippen LogP contribution is 2.29. The number of rotatable bonds is 4. The lowest BCUT2D eigenvalue weighted by Crippen LogP contribution is -1.94. The molecule has 0 aliphatic carbocycles. The number of hydrogen-bond acceptors (Lipinski definition) is 3. The second-order valence-corrected chi connectivity index (χ2v) is 5.12. The van der Waals surface area contributed by atoms with Gasteiger partial charge in [0.05, 0.1) is 12.7 Å². The van der Waals surface area contributed by atoms with E-state index in [1.54, 1.807) is 31.4 Å². The molecule has 0 saturated carbocycles. The third kappa shape index (κ3) is 2.94. The zero-order valence-corrected chi connectivity index (χ0v) is 12.7. The second-order valence-electron chi connectivity index (χ2n) is 5.12. The monoisotopic (exact) mass is 304 g/mol. The normalized spacial score (nSPS) is 11.0. The van der Waals surface area contributed by atoms with Crippen LogP contribution in [-0.2, 0) is 0 Å². The molecule has 3 aromatic carbocycles. The molecule has 1 N–H and O–H groups in total. The Kier molecular flexibility index (Phi) is 4.11. The molecule has 3 rings (SSSR count). The summed E-state index contributed by atoms with van der Waals surface area (Å²) in [4.78, 5) is 12.2. The van der Waals surface area contributed by atoms with Gasteiger partial charge in [-0.3, -0.25) is 4.79 Å². The van der Waals surface area contributed by atoms with Crippen molar-refractivity contribution in [3.63, 3.8) is 0 Å². The van der Waals surface area contributed by atoms with Crippen LogP contribution in [0.25, 0.3) is 16.8 Å². The van der Waals surface area contributed by atoms with E-state index in [1.165, 1.54) is 12.1 Å². The van der Waals surface area contributed by atoms with Crippen LogP contribution in [0.5, 0.6) is 11.5 Å². The van der Waals surface area contributed by atoms with Gasteiger partial charge in [0.25, 0.3) is 0 Å². The predicted octanol–water partition coefficient (Wildman–Crippen LogP) is 4.45. The van der Waals surface area contributed by atoms with Crippen LogP contribution < -0.4 is 4.74 Å². The molecule has 0 fully saturated rings. The zero-order valence-electron chi connectivity index (χ0n) is 12.7. The quantitative estimate of drug-likeness (QED) is 0.572. The summed E-state index contributed by atoms with van der Waals surface area (Å²) in [5.41, 5.74) is 1.21. The Labute approximate surface area is 134 Å². The Morgan fingerprint density at radius 3 is 2.39 bits per heavy atom. The number of phenols is 1. The standard InChI is InChI=1S/C20H16O3/c1-23-20-13-11-14(15-6-2-3-7-16(15)20)10-12-19(22)17-8-4-5-9-18(17)21/h2-13,21H,1H3/b12-10+. The Hall–Kier alpha value is -3.07. The lowest BCUT2D eigenvalue weighted by molar-refractivity contribution is 0.104. The van der Waals surface area contributed by atoms with E-state index in [2.05, 4.69) is 0 Å². The Morgan fingerprint density at radius 2 is 1.65 bits per heavy atom. The van der Waals surface area contributed by atoms with Gasteiger partial charge in [0.2, 0.25) is 0 Å². The van der Waals surface area contributed by atoms with Gasteiger partial charge in [-0.1, -0.05) is 48.5 Å². The molecule has 0 heterocycles. The molecule has 3 aromatic rings. The minimum absolute atomic E-state index is 0.0123. The molecule has 23 heavy (non-hydrogen) atoms. The first kappa shape index (κ1) is 14.9. The SMILES string of the molecule is COc1ccc(/C=C/C(=O)c2ccccc2O)c2ccccc12. The maximum Gasteiger partial charge on any atom is 0.189 e. The molecule has 0 aliphatic rings. The zero-order chi connectivity index (χ0) is 16.2. The molecule has 3 nitrogen and oxygen atoms in total. The van der Waals surface area contributed by atoms with Gasteiger partial charge >= 0.3 is 0 Å². The average molecular weight is 304 g/mol. The van der Waals surface area contributed by atoms with Crippen molar-refractivity contribution >= 4 is 22.6 Å². The number of carbonyl (C=O) groups is 1. The van der Waals surface area contributed by atoms with Gasteiger partial charge in [0.15, 0.2) is 5.78 Å². The van der Waals surface area contributed by atoms with Crippen molar-refractivity contribution in [3.05, 3.63) is 77.9 Å². The van der Waals surface area contributed by atoms with Gasteiger partial charge < -0.3 is 9.84 Å². The van der Waals surface area contributed by atoms with Gasteiger partial charge in [-0.2, -0.15) is 0 Å². The molecule has 0 unspecified atom stereocenters. The van der Waals surface area contributed by atoms with E-state index >= 15 is 0 Å². The number of ketones is 1. The highest BCUT2D eigenvalue weighted by Gasteiger charge is 2.08. The van der Waals surface area contributed by atoms with Crippen molar-refractivity contribution < 1.29 is 14.6 Å². The molecule has 0 radical (unpaired) electrons. The number of carbonyl (C=O) groups excluding carboxylic acids is 1. The fraction of sp³-hybridized carbons (Fsp3) is 0.0500. The smallest absolute Gasteiger partial charge is 0.189 e. The fourth-order valence-corrected chi connectivity index (χ4v) is 2.56. The fourth-order valence-electron chi connectivity index (χ4n) is 2.56. The highest BCUT2D eigenvalue weighted by atomic mass is 16.5. The van der Waals surface area contributed by atoms with E-state index in [9.17, 15) is 9.90 Å². The van der Waals surface area contributed by atoms with Crippen LogP contribution in [0.2, 0.25) is 0 Å². The molecule has 0 aromatic heterocycles.